The van der Waals surface area contributed by atoms with E-state index >= 15 is 0 Å². The van der Waals surface area contributed by atoms with Crippen molar-refractivity contribution in [3.63, 3.8) is 0 Å². The highest BCUT2D eigenvalue weighted by Crippen LogP contribution is 2.58. The fourth-order valence-electron chi connectivity index (χ4n) is 1.92. The summed E-state index contributed by atoms with van der Waals surface area (Å²) in [4.78, 5) is 37.5. The summed E-state index contributed by atoms with van der Waals surface area (Å²) in [5.41, 5.74) is -2.17. The van der Waals surface area contributed by atoms with Gasteiger partial charge in [0.25, 0.3) is 0 Å². The van der Waals surface area contributed by atoms with Gasteiger partial charge in [-0.15, -0.1) is 0 Å². The Labute approximate surface area is 106 Å². The van der Waals surface area contributed by atoms with Crippen molar-refractivity contribution in [3.05, 3.63) is 43.6 Å². The maximum absolute atomic E-state index is 11.4. The predicted octanol–water partition coefficient (Wildman–Crippen LogP) is -0.966. The van der Waals surface area contributed by atoms with Crippen molar-refractivity contribution in [1.82, 2.24) is 14.5 Å². The Kier molecular flexibility index (Phi) is 2.76. The molecule has 1 aromatic rings. The van der Waals surface area contributed by atoms with E-state index in [1.165, 1.54) is 0 Å². The third kappa shape index (κ3) is 2.45. The van der Waals surface area contributed by atoms with Crippen molar-refractivity contribution in [1.29, 1.82) is 0 Å². The first kappa shape index (κ1) is 12.1. The SMILES string of the molecule is O=c1[nH]c(=O)n(CCC=CCCC23OC2O3)c(=O)[nH]1. The molecule has 8 nitrogen and oxygen atoms in total. The van der Waals surface area contributed by atoms with E-state index in [2.05, 4.69) is 0 Å². The Morgan fingerprint density at radius 3 is 2.26 bits per heavy atom. The van der Waals surface area contributed by atoms with Gasteiger partial charge in [0.05, 0.1) is 0 Å². The van der Waals surface area contributed by atoms with Gasteiger partial charge in [0, 0.05) is 13.0 Å². The lowest BCUT2D eigenvalue weighted by atomic mass is 10.2. The molecule has 19 heavy (non-hydrogen) atoms. The highest BCUT2D eigenvalue weighted by Gasteiger charge is 2.76. The van der Waals surface area contributed by atoms with Crippen LogP contribution in [0.3, 0.4) is 0 Å². The number of aromatic amines is 2. The second kappa shape index (κ2) is 4.32. The number of nitrogens with one attached hydrogen (secondary N) is 2. The van der Waals surface area contributed by atoms with Crippen molar-refractivity contribution < 1.29 is 9.47 Å². The van der Waals surface area contributed by atoms with E-state index in [1.807, 2.05) is 22.1 Å². The Bertz CT molecular complexity index is 642. The van der Waals surface area contributed by atoms with Crippen LogP contribution in [0.25, 0.3) is 0 Å². The molecule has 2 aliphatic rings. The first-order chi connectivity index (χ1) is 9.11. The van der Waals surface area contributed by atoms with Crippen LogP contribution >= 0.6 is 0 Å². The van der Waals surface area contributed by atoms with Gasteiger partial charge in [0.2, 0.25) is 12.1 Å². The number of aromatic nitrogens is 3. The number of H-pyrrole nitrogens is 2. The average Bonchev–Trinajstić information content (AvgIpc) is 3.15. The maximum Gasteiger partial charge on any atom is 0.333 e. The molecule has 8 heteroatoms. The van der Waals surface area contributed by atoms with Crippen molar-refractivity contribution in [2.75, 3.05) is 0 Å². The Morgan fingerprint density at radius 2 is 1.68 bits per heavy atom. The second-order valence-electron chi connectivity index (χ2n) is 4.52. The number of fused-ring (bicyclic) bond motifs is 1. The monoisotopic (exact) mass is 267 g/mol. The highest BCUT2D eigenvalue weighted by molar-refractivity contribution is 5.04. The molecule has 3 heterocycles. The van der Waals surface area contributed by atoms with Gasteiger partial charge < -0.3 is 9.47 Å². The fourth-order valence-corrected chi connectivity index (χ4v) is 1.92. The molecule has 0 aliphatic carbocycles. The summed E-state index contributed by atoms with van der Waals surface area (Å²) in [6.45, 7) is 0.224. The molecule has 0 spiro atoms. The third-order valence-corrected chi connectivity index (χ3v) is 3.13. The summed E-state index contributed by atoms with van der Waals surface area (Å²) in [6, 6.07) is 0. The van der Waals surface area contributed by atoms with E-state index in [0.717, 1.165) is 17.4 Å². The molecule has 102 valence electrons. The van der Waals surface area contributed by atoms with E-state index in [0.29, 0.717) is 6.42 Å². The molecule has 0 bridgehead atoms. The van der Waals surface area contributed by atoms with Gasteiger partial charge in [0.15, 0.2) is 0 Å². The molecule has 0 amide bonds. The zero-order valence-corrected chi connectivity index (χ0v) is 10.0. The smallest absolute Gasteiger partial charge is 0.310 e. The maximum atomic E-state index is 11.4. The zero-order valence-electron chi connectivity index (χ0n) is 10.0. The summed E-state index contributed by atoms with van der Waals surface area (Å²) in [7, 11) is 0. The van der Waals surface area contributed by atoms with E-state index in [-0.39, 0.29) is 18.6 Å². The molecule has 2 saturated heterocycles. The first-order valence-electron chi connectivity index (χ1n) is 6.05. The molecule has 0 unspecified atom stereocenters. The van der Waals surface area contributed by atoms with Crippen molar-refractivity contribution >= 4 is 0 Å². The summed E-state index contributed by atoms with van der Waals surface area (Å²) in [5.74, 6) is -0.280. The van der Waals surface area contributed by atoms with Crippen molar-refractivity contribution in [2.45, 2.75) is 37.9 Å². The number of rotatable bonds is 6. The van der Waals surface area contributed by atoms with Crippen LogP contribution in [-0.4, -0.2) is 26.6 Å². The van der Waals surface area contributed by atoms with E-state index in [4.69, 9.17) is 9.47 Å². The van der Waals surface area contributed by atoms with Crippen LogP contribution in [0, 0.1) is 0 Å². The number of allylic oxidation sites excluding steroid dienone is 2. The standard InChI is InChI=1S/C11H13N3O5/c15-8-12-9(16)14(10(17)13-8)6-4-2-1-3-5-11-7(18-11)19-11/h1-2,7H,3-6H2,(H2,12,13,15,16,17). The van der Waals surface area contributed by atoms with Gasteiger partial charge in [-0.05, 0) is 12.8 Å². The van der Waals surface area contributed by atoms with Crippen LogP contribution in [0.4, 0.5) is 0 Å². The Morgan fingerprint density at radius 1 is 1.11 bits per heavy atom. The molecule has 3 rings (SSSR count). The minimum absolute atomic E-state index is 0.0270. The lowest BCUT2D eigenvalue weighted by molar-refractivity contribution is -0.0528. The topological polar surface area (TPSA) is 113 Å². The number of hydrogen-bond donors (Lipinski definition) is 2. The van der Waals surface area contributed by atoms with Crippen molar-refractivity contribution in [3.8, 4) is 0 Å². The Hall–Kier alpha value is -1.93. The normalized spacial score (nSPS) is 27.5. The van der Waals surface area contributed by atoms with Gasteiger partial charge in [-0.1, -0.05) is 12.2 Å². The molecule has 0 atom stereocenters. The van der Waals surface area contributed by atoms with Crippen LogP contribution in [0.5, 0.6) is 0 Å². The summed E-state index contributed by atoms with van der Waals surface area (Å²) in [5, 5.41) is 0. The molecule has 0 saturated carbocycles. The van der Waals surface area contributed by atoms with Crippen LogP contribution in [0.1, 0.15) is 19.3 Å². The van der Waals surface area contributed by atoms with E-state index < -0.39 is 17.1 Å². The van der Waals surface area contributed by atoms with Crippen LogP contribution in [0.2, 0.25) is 0 Å². The summed E-state index contributed by atoms with van der Waals surface area (Å²) >= 11 is 0. The first-order valence-corrected chi connectivity index (χ1v) is 6.05. The quantitative estimate of drug-likeness (QED) is 0.509. The number of ether oxygens (including phenoxy) is 2. The summed E-state index contributed by atoms with van der Waals surface area (Å²) < 4.78 is 11.2. The minimum atomic E-state index is -0.788. The van der Waals surface area contributed by atoms with Crippen LogP contribution < -0.4 is 17.1 Å². The van der Waals surface area contributed by atoms with Gasteiger partial charge in [-0.25, -0.2) is 19.0 Å². The molecular formula is C11H13N3O5. The summed E-state index contributed by atoms with van der Waals surface area (Å²) in [6.07, 6.45) is 6.06. The van der Waals surface area contributed by atoms with Crippen LogP contribution in [0.15, 0.2) is 26.5 Å². The average molecular weight is 267 g/mol. The van der Waals surface area contributed by atoms with E-state index in [1.54, 1.807) is 0 Å². The van der Waals surface area contributed by atoms with Gasteiger partial charge >= 0.3 is 17.1 Å². The fraction of sp³-hybridized carbons (Fsp3) is 0.545. The highest BCUT2D eigenvalue weighted by atomic mass is 17.0. The molecule has 1 aromatic heterocycles. The lowest BCUT2D eigenvalue weighted by Crippen LogP contribution is -2.43. The van der Waals surface area contributed by atoms with Gasteiger partial charge in [0.1, 0.15) is 0 Å². The van der Waals surface area contributed by atoms with E-state index in [9.17, 15) is 14.4 Å². The second-order valence-corrected chi connectivity index (χ2v) is 4.52. The van der Waals surface area contributed by atoms with Crippen LogP contribution in [-0.2, 0) is 16.0 Å². The zero-order chi connectivity index (χ0) is 13.5. The third-order valence-electron chi connectivity index (χ3n) is 3.13. The predicted molar refractivity (Wildman–Crippen MR) is 63.6 cm³/mol. The number of hydrogen-bond acceptors (Lipinski definition) is 5. The minimum Gasteiger partial charge on any atom is -0.310 e. The number of nitrogens with zero attached hydrogens (tertiary/aromatic N) is 1. The molecule has 2 aliphatic heterocycles. The molecule has 2 fully saturated rings. The molecular weight excluding hydrogens is 254 g/mol. The largest absolute Gasteiger partial charge is 0.333 e. The van der Waals surface area contributed by atoms with Gasteiger partial charge in [-0.2, -0.15) is 0 Å². The molecule has 0 radical (unpaired) electrons. The van der Waals surface area contributed by atoms with Gasteiger partial charge in [-0.3, -0.25) is 9.97 Å². The molecule has 0 aromatic carbocycles. The molecule has 2 N–H and O–H groups in total. The lowest BCUT2D eigenvalue weighted by Gasteiger charge is -1.99. The Balaban J connectivity index is 1.48. The number of epoxide rings is 2. The van der Waals surface area contributed by atoms with Crippen molar-refractivity contribution in [2.24, 2.45) is 0 Å².